The van der Waals surface area contributed by atoms with Crippen LogP contribution in [0.5, 0.6) is 0 Å². The molecule has 1 aromatic rings. The van der Waals surface area contributed by atoms with Crippen LogP contribution in [0.3, 0.4) is 0 Å². The lowest BCUT2D eigenvalue weighted by atomic mass is 9.68. The Balaban J connectivity index is 2.12. The summed E-state index contributed by atoms with van der Waals surface area (Å²) in [4.78, 5) is 35.7. The fraction of sp³-hybridized carbons (Fsp3) is 0.400. The molecule has 0 aromatic heterocycles. The number of rotatable bonds is 4. The fourth-order valence-electron chi connectivity index (χ4n) is 2.55. The van der Waals surface area contributed by atoms with Crippen molar-refractivity contribution in [3.05, 3.63) is 29.8 Å². The van der Waals surface area contributed by atoms with E-state index >= 15 is 0 Å². The van der Waals surface area contributed by atoms with Crippen molar-refractivity contribution in [2.24, 2.45) is 5.92 Å². The van der Waals surface area contributed by atoms with Crippen molar-refractivity contribution in [2.75, 3.05) is 20.0 Å². The molecule has 1 aliphatic carbocycles. The van der Waals surface area contributed by atoms with E-state index in [0.717, 1.165) is 0 Å². The Labute approximate surface area is 127 Å². The number of nitrogens with two attached hydrogens (primary N) is 1. The first kappa shape index (κ1) is 15.8. The summed E-state index contributed by atoms with van der Waals surface area (Å²) in [5.74, 6) is -1.82. The number of anilines is 1. The Kier molecular flexibility index (Phi) is 4.35. The van der Waals surface area contributed by atoms with E-state index in [1.54, 1.807) is 24.3 Å². The van der Waals surface area contributed by atoms with Crippen molar-refractivity contribution in [2.45, 2.75) is 18.4 Å². The average Bonchev–Trinajstić information content (AvgIpc) is 2.49. The van der Waals surface area contributed by atoms with Gasteiger partial charge in [-0.1, -0.05) is 0 Å². The summed E-state index contributed by atoms with van der Waals surface area (Å²) in [6.07, 6.45) is 0.320. The smallest absolute Gasteiger partial charge is 0.331 e. The molecule has 0 saturated heterocycles. The van der Waals surface area contributed by atoms with Gasteiger partial charge in [0.2, 0.25) is 0 Å². The van der Waals surface area contributed by atoms with Crippen LogP contribution in [-0.2, 0) is 19.1 Å². The lowest BCUT2D eigenvalue weighted by Gasteiger charge is -2.43. The van der Waals surface area contributed by atoms with Crippen molar-refractivity contribution in [1.82, 2.24) is 5.32 Å². The first-order chi connectivity index (χ1) is 10.4. The number of nitrogens with one attached hydrogen (secondary N) is 1. The molecule has 0 bridgehead atoms. The van der Waals surface area contributed by atoms with E-state index in [4.69, 9.17) is 10.5 Å². The van der Waals surface area contributed by atoms with Gasteiger partial charge in [-0.25, -0.2) is 4.79 Å². The second-order valence-electron chi connectivity index (χ2n) is 5.28. The summed E-state index contributed by atoms with van der Waals surface area (Å²) in [5.41, 5.74) is 5.29. The van der Waals surface area contributed by atoms with E-state index in [1.165, 1.54) is 14.2 Å². The maximum atomic E-state index is 12.3. The average molecular weight is 306 g/mol. The number of esters is 2. The van der Waals surface area contributed by atoms with E-state index in [2.05, 4.69) is 10.1 Å². The van der Waals surface area contributed by atoms with Gasteiger partial charge in [0.15, 0.2) is 0 Å². The predicted molar refractivity (Wildman–Crippen MR) is 77.8 cm³/mol. The zero-order chi connectivity index (χ0) is 16.3. The maximum Gasteiger partial charge on any atom is 0.331 e. The number of methoxy groups -OCH3 is 2. The zero-order valence-corrected chi connectivity index (χ0v) is 12.4. The standard InChI is InChI=1S/C15H18N2O5/c1-21-13(19)10-7-15(8-10,14(20)22-2)17-12(18)9-3-5-11(16)6-4-9/h3-6,10H,7-8,16H2,1-2H3,(H,17,18). The summed E-state index contributed by atoms with van der Waals surface area (Å²) in [7, 11) is 2.53. The Morgan fingerprint density at radius 3 is 2.23 bits per heavy atom. The molecule has 2 rings (SSSR count). The molecule has 1 saturated carbocycles. The highest BCUT2D eigenvalue weighted by Gasteiger charge is 2.55. The van der Waals surface area contributed by atoms with Crippen molar-refractivity contribution in [3.63, 3.8) is 0 Å². The van der Waals surface area contributed by atoms with Crippen molar-refractivity contribution in [1.29, 1.82) is 0 Å². The molecule has 118 valence electrons. The quantitative estimate of drug-likeness (QED) is 0.619. The van der Waals surface area contributed by atoms with Crippen LogP contribution in [0.4, 0.5) is 5.69 Å². The number of amides is 1. The molecule has 0 aliphatic heterocycles. The molecule has 7 nitrogen and oxygen atoms in total. The van der Waals surface area contributed by atoms with Gasteiger partial charge in [0.05, 0.1) is 20.1 Å². The molecule has 0 heterocycles. The molecular formula is C15H18N2O5. The number of hydrogen-bond donors (Lipinski definition) is 2. The van der Waals surface area contributed by atoms with E-state index in [1.807, 2.05) is 0 Å². The van der Waals surface area contributed by atoms with Crippen molar-refractivity contribution in [3.8, 4) is 0 Å². The van der Waals surface area contributed by atoms with Gasteiger partial charge in [-0.3, -0.25) is 9.59 Å². The zero-order valence-electron chi connectivity index (χ0n) is 12.4. The first-order valence-electron chi connectivity index (χ1n) is 6.76. The largest absolute Gasteiger partial charge is 0.469 e. The van der Waals surface area contributed by atoms with Crippen LogP contribution in [0.1, 0.15) is 23.2 Å². The molecule has 3 N–H and O–H groups in total. The number of carbonyl (C=O) groups is 3. The summed E-state index contributed by atoms with van der Waals surface area (Å²) in [5, 5.41) is 2.66. The minimum Gasteiger partial charge on any atom is -0.469 e. The number of nitrogen functional groups attached to an aromatic ring is 1. The molecule has 7 heteroatoms. The highest BCUT2D eigenvalue weighted by molar-refractivity contribution is 5.99. The number of ether oxygens (including phenoxy) is 2. The van der Waals surface area contributed by atoms with Gasteiger partial charge >= 0.3 is 11.9 Å². The van der Waals surface area contributed by atoms with Crippen LogP contribution in [-0.4, -0.2) is 37.6 Å². The lowest BCUT2D eigenvalue weighted by molar-refractivity contribution is -0.162. The molecular weight excluding hydrogens is 288 g/mol. The number of carbonyl (C=O) groups excluding carboxylic acids is 3. The van der Waals surface area contributed by atoms with Crippen LogP contribution in [0, 0.1) is 5.92 Å². The number of benzene rings is 1. The third-order valence-corrected chi connectivity index (χ3v) is 3.83. The van der Waals surface area contributed by atoms with Crippen LogP contribution < -0.4 is 11.1 Å². The molecule has 0 atom stereocenters. The van der Waals surface area contributed by atoms with Crippen LogP contribution in [0.25, 0.3) is 0 Å². The molecule has 0 spiro atoms. The van der Waals surface area contributed by atoms with Crippen molar-refractivity contribution >= 4 is 23.5 Å². The van der Waals surface area contributed by atoms with Gasteiger partial charge < -0.3 is 20.5 Å². The first-order valence-corrected chi connectivity index (χ1v) is 6.76. The molecule has 0 radical (unpaired) electrons. The summed E-state index contributed by atoms with van der Waals surface area (Å²) < 4.78 is 9.40. The topological polar surface area (TPSA) is 108 Å². The third-order valence-electron chi connectivity index (χ3n) is 3.83. The van der Waals surface area contributed by atoms with Crippen molar-refractivity contribution < 1.29 is 23.9 Å². The Morgan fingerprint density at radius 2 is 1.73 bits per heavy atom. The highest BCUT2D eigenvalue weighted by atomic mass is 16.5. The molecule has 1 aliphatic rings. The second kappa shape index (κ2) is 6.05. The van der Waals surface area contributed by atoms with Gasteiger partial charge in [-0.15, -0.1) is 0 Å². The number of hydrogen-bond acceptors (Lipinski definition) is 6. The summed E-state index contributed by atoms with van der Waals surface area (Å²) in [6.45, 7) is 0. The summed E-state index contributed by atoms with van der Waals surface area (Å²) >= 11 is 0. The van der Waals surface area contributed by atoms with Crippen LogP contribution >= 0.6 is 0 Å². The van der Waals surface area contributed by atoms with Crippen LogP contribution in [0.2, 0.25) is 0 Å². The monoisotopic (exact) mass is 306 g/mol. The van der Waals surface area contributed by atoms with Gasteiger partial charge in [0.25, 0.3) is 5.91 Å². The van der Waals surface area contributed by atoms with Gasteiger partial charge in [-0.2, -0.15) is 0 Å². The highest BCUT2D eigenvalue weighted by Crippen LogP contribution is 2.39. The molecule has 0 unspecified atom stereocenters. The van der Waals surface area contributed by atoms with E-state index in [-0.39, 0.29) is 12.8 Å². The Hall–Kier alpha value is -2.57. The predicted octanol–water partition coefficient (Wildman–Crippen LogP) is 0.493. The van der Waals surface area contributed by atoms with Gasteiger partial charge in [-0.05, 0) is 37.1 Å². The van der Waals surface area contributed by atoms with Gasteiger partial charge in [0.1, 0.15) is 5.54 Å². The minimum atomic E-state index is -1.19. The van der Waals surface area contributed by atoms with Gasteiger partial charge in [0, 0.05) is 11.3 Å². The summed E-state index contributed by atoms with van der Waals surface area (Å²) in [6, 6.07) is 6.31. The molecule has 22 heavy (non-hydrogen) atoms. The molecule has 1 amide bonds. The maximum absolute atomic E-state index is 12.3. The normalized spacial score (nSPS) is 23.1. The van der Waals surface area contributed by atoms with E-state index in [9.17, 15) is 14.4 Å². The Bertz CT molecular complexity index is 590. The van der Waals surface area contributed by atoms with E-state index < -0.39 is 29.3 Å². The van der Waals surface area contributed by atoms with E-state index in [0.29, 0.717) is 11.3 Å². The fourth-order valence-corrected chi connectivity index (χ4v) is 2.55. The molecule has 1 fully saturated rings. The Morgan fingerprint density at radius 1 is 1.14 bits per heavy atom. The SMILES string of the molecule is COC(=O)C1CC(NC(=O)c2ccc(N)cc2)(C(=O)OC)C1. The lowest BCUT2D eigenvalue weighted by Crippen LogP contribution is -2.64. The minimum absolute atomic E-state index is 0.160. The third kappa shape index (κ3) is 2.88. The second-order valence-corrected chi connectivity index (χ2v) is 5.28. The van der Waals surface area contributed by atoms with Crippen LogP contribution in [0.15, 0.2) is 24.3 Å². The molecule has 1 aromatic carbocycles.